The Kier molecular flexibility index (Phi) is 15.3. The van der Waals surface area contributed by atoms with Gasteiger partial charge in [0.05, 0.1) is 0 Å². The van der Waals surface area contributed by atoms with Gasteiger partial charge in [0.1, 0.15) is 0 Å². The molecule has 0 radical (unpaired) electrons. The molecule has 60 valence electrons. The minimum Gasteiger partial charge on any atom is -0.665 e. The first-order valence-corrected chi connectivity index (χ1v) is 3.38. The molecule has 11 heavy (non-hydrogen) atoms. The zero-order chi connectivity index (χ0) is 7.66. The van der Waals surface area contributed by atoms with E-state index in [-0.39, 0.29) is 21.1 Å². The SMILES string of the molecule is CC[N-]C.[W+2].[c-]1ccccc1. The number of hydrogen-bond acceptors (Lipinski definition) is 0. The van der Waals surface area contributed by atoms with Crippen LogP contribution < -0.4 is 0 Å². The summed E-state index contributed by atoms with van der Waals surface area (Å²) in [6, 6.07) is 12.5. The average Bonchev–Trinajstić information content (AvgIpc) is 2.08. The van der Waals surface area contributed by atoms with Crippen molar-refractivity contribution in [1.29, 1.82) is 0 Å². The van der Waals surface area contributed by atoms with E-state index < -0.39 is 0 Å². The van der Waals surface area contributed by atoms with Crippen LogP contribution in [0, 0.1) is 6.07 Å². The fourth-order valence-corrected chi connectivity index (χ4v) is 0.342. The summed E-state index contributed by atoms with van der Waals surface area (Å²) >= 11 is 0. The van der Waals surface area contributed by atoms with E-state index in [1.807, 2.05) is 37.3 Å². The van der Waals surface area contributed by atoms with E-state index in [2.05, 4.69) is 11.4 Å². The quantitative estimate of drug-likeness (QED) is 0.706. The van der Waals surface area contributed by atoms with E-state index in [0.29, 0.717) is 0 Å². The van der Waals surface area contributed by atoms with Crippen LogP contribution in [0.3, 0.4) is 0 Å². The Hall–Kier alpha value is -0.132. The van der Waals surface area contributed by atoms with Gasteiger partial charge >= 0.3 is 21.1 Å². The van der Waals surface area contributed by atoms with E-state index in [9.17, 15) is 0 Å². The van der Waals surface area contributed by atoms with E-state index in [1.54, 1.807) is 7.05 Å². The van der Waals surface area contributed by atoms with E-state index in [0.717, 1.165) is 6.54 Å². The predicted molar refractivity (Wildman–Crippen MR) is 45.1 cm³/mol. The molecule has 0 bridgehead atoms. The Bertz CT molecular complexity index is 102. The van der Waals surface area contributed by atoms with Crippen molar-refractivity contribution >= 4 is 0 Å². The maximum atomic E-state index is 3.74. The van der Waals surface area contributed by atoms with Gasteiger partial charge < -0.3 is 5.32 Å². The third kappa shape index (κ3) is 13.0. The molecule has 0 aliphatic heterocycles. The summed E-state index contributed by atoms with van der Waals surface area (Å²) in [5.41, 5.74) is 0. The van der Waals surface area contributed by atoms with Crippen molar-refractivity contribution in [3.05, 3.63) is 41.7 Å². The van der Waals surface area contributed by atoms with Crippen LogP contribution in [0.25, 0.3) is 5.32 Å². The van der Waals surface area contributed by atoms with Crippen LogP contribution in [0.5, 0.6) is 0 Å². The summed E-state index contributed by atoms with van der Waals surface area (Å²) in [4.78, 5) is 0. The smallest absolute Gasteiger partial charge is 0.665 e. The van der Waals surface area contributed by atoms with E-state index in [4.69, 9.17) is 0 Å². The fraction of sp³-hybridized carbons (Fsp3) is 0.333. The van der Waals surface area contributed by atoms with Gasteiger partial charge in [-0.1, -0.05) is 6.92 Å². The number of rotatable bonds is 1. The van der Waals surface area contributed by atoms with Crippen molar-refractivity contribution in [3.8, 4) is 0 Å². The van der Waals surface area contributed by atoms with Gasteiger partial charge in [-0.3, -0.25) is 0 Å². The van der Waals surface area contributed by atoms with Gasteiger partial charge in [-0.05, 0) is 0 Å². The molecule has 0 fully saturated rings. The topological polar surface area (TPSA) is 14.1 Å². The molecule has 0 saturated carbocycles. The van der Waals surface area contributed by atoms with Crippen molar-refractivity contribution < 1.29 is 21.1 Å². The number of benzene rings is 1. The van der Waals surface area contributed by atoms with Crippen LogP contribution in [0.15, 0.2) is 30.3 Å². The molecule has 1 nitrogen and oxygen atoms in total. The normalized spacial score (nSPS) is 7.09. The first-order chi connectivity index (χ1) is 4.91. The first-order valence-electron chi connectivity index (χ1n) is 3.38. The Balaban J connectivity index is 0. The third-order valence-electron chi connectivity index (χ3n) is 0.923. The van der Waals surface area contributed by atoms with E-state index >= 15 is 0 Å². The molecule has 0 unspecified atom stereocenters. The number of nitrogens with zero attached hydrogens (tertiary/aromatic N) is 1. The monoisotopic (exact) mass is 319 g/mol. The van der Waals surface area contributed by atoms with Crippen molar-refractivity contribution in [2.45, 2.75) is 6.92 Å². The second kappa shape index (κ2) is 12.5. The van der Waals surface area contributed by atoms with Crippen molar-refractivity contribution in [2.75, 3.05) is 13.6 Å². The zero-order valence-corrected chi connectivity index (χ0v) is 9.88. The van der Waals surface area contributed by atoms with Gasteiger partial charge in [0, 0.05) is 0 Å². The van der Waals surface area contributed by atoms with Gasteiger partial charge in [0.25, 0.3) is 0 Å². The molecule has 0 aromatic heterocycles. The molecule has 1 rings (SSSR count). The van der Waals surface area contributed by atoms with E-state index in [1.165, 1.54) is 0 Å². The molecular weight excluding hydrogens is 306 g/mol. The Labute approximate surface area is 83.5 Å². The summed E-state index contributed by atoms with van der Waals surface area (Å²) in [6.07, 6.45) is 0. The molecule has 0 saturated heterocycles. The molecule has 0 aliphatic carbocycles. The van der Waals surface area contributed by atoms with Crippen molar-refractivity contribution in [3.63, 3.8) is 0 Å². The Morgan fingerprint density at radius 1 is 1.18 bits per heavy atom. The van der Waals surface area contributed by atoms with Gasteiger partial charge in [0.2, 0.25) is 0 Å². The molecule has 0 heterocycles. The van der Waals surface area contributed by atoms with Crippen LogP contribution >= 0.6 is 0 Å². The average molecular weight is 319 g/mol. The molecule has 1 aromatic rings. The van der Waals surface area contributed by atoms with Gasteiger partial charge in [0.15, 0.2) is 0 Å². The van der Waals surface area contributed by atoms with Gasteiger partial charge in [-0.2, -0.15) is 50.0 Å². The molecule has 0 amide bonds. The van der Waals surface area contributed by atoms with Crippen LogP contribution in [0.1, 0.15) is 6.92 Å². The molecule has 2 heteroatoms. The third-order valence-corrected chi connectivity index (χ3v) is 0.923. The molecule has 1 aromatic carbocycles. The summed E-state index contributed by atoms with van der Waals surface area (Å²) < 4.78 is 0. The van der Waals surface area contributed by atoms with Crippen molar-refractivity contribution in [1.82, 2.24) is 0 Å². The molecule has 0 N–H and O–H groups in total. The van der Waals surface area contributed by atoms with Crippen LogP contribution in [0.2, 0.25) is 0 Å². The molecule has 0 spiro atoms. The summed E-state index contributed by atoms with van der Waals surface area (Å²) in [5, 5.41) is 3.74. The largest absolute Gasteiger partial charge is 2.00 e. The second-order valence-electron chi connectivity index (χ2n) is 1.71. The first kappa shape index (κ1) is 13.5. The summed E-state index contributed by atoms with van der Waals surface area (Å²) in [7, 11) is 1.81. The molecule has 0 aliphatic rings. The predicted octanol–water partition coefficient (Wildman–Crippen LogP) is 2.49. The summed E-state index contributed by atoms with van der Waals surface area (Å²) in [6.45, 7) is 2.96. The molecular formula is C9H13NW. The fourth-order valence-electron chi connectivity index (χ4n) is 0.342. The minimum atomic E-state index is 0. The maximum Gasteiger partial charge on any atom is 2.00 e. The van der Waals surface area contributed by atoms with Crippen LogP contribution in [-0.4, -0.2) is 13.6 Å². The van der Waals surface area contributed by atoms with Gasteiger partial charge in [-0.25, -0.2) is 0 Å². The van der Waals surface area contributed by atoms with Crippen LogP contribution in [-0.2, 0) is 21.1 Å². The Morgan fingerprint density at radius 3 is 1.73 bits per heavy atom. The summed E-state index contributed by atoms with van der Waals surface area (Å²) in [5.74, 6) is 0. The standard InChI is InChI=1S/C6H5.C3H8N.W/c1-2-4-6-5-3-1;1-3-4-2;/h1-5H;3H2,1-2H3;/q2*-1;+2. The zero-order valence-electron chi connectivity index (χ0n) is 6.95. The molecule has 0 atom stereocenters. The van der Waals surface area contributed by atoms with Crippen LogP contribution in [0.4, 0.5) is 0 Å². The Morgan fingerprint density at radius 2 is 1.64 bits per heavy atom. The second-order valence-corrected chi connectivity index (χ2v) is 1.71. The number of hydrogen-bond donors (Lipinski definition) is 0. The van der Waals surface area contributed by atoms with Crippen molar-refractivity contribution in [2.24, 2.45) is 0 Å². The minimum absolute atomic E-state index is 0. The van der Waals surface area contributed by atoms with Gasteiger partial charge in [-0.15, -0.1) is 0 Å². The maximum absolute atomic E-state index is 3.74.